The molecule has 0 aromatic carbocycles. The third-order valence-electron chi connectivity index (χ3n) is 3.21. The van der Waals surface area contributed by atoms with Crippen LogP contribution >= 0.6 is 0 Å². The zero-order chi connectivity index (χ0) is 9.84. The van der Waals surface area contributed by atoms with Crippen LogP contribution in [-0.2, 0) is 4.74 Å². The molecular weight excluding hydrogens is 164 g/mol. The smallest absolute Gasteiger partial charge is 0.0838 e. The van der Waals surface area contributed by atoms with Crippen molar-refractivity contribution in [3.05, 3.63) is 0 Å². The molecule has 0 bridgehead atoms. The van der Waals surface area contributed by atoms with E-state index in [4.69, 9.17) is 4.74 Å². The minimum absolute atomic E-state index is 0.101. The van der Waals surface area contributed by atoms with E-state index in [9.17, 15) is 5.11 Å². The van der Waals surface area contributed by atoms with Crippen molar-refractivity contribution in [1.29, 1.82) is 0 Å². The van der Waals surface area contributed by atoms with Gasteiger partial charge in [-0.3, -0.25) is 0 Å². The number of hydrogen-bond donors (Lipinski definition) is 1. The maximum Gasteiger partial charge on any atom is 0.0838 e. The zero-order valence-electron chi connectivity index (χ0n) is 8.99. The summed E-state index contributed by atoms with van der Waals surface area (Å²) in [4.78, 5) is 0. The number of ether oxygens (including phenoxy) is 1. The van der Waals surface area contributed by atoms with Gasteiger partial charge in [-0.1, -0.05) is 27.2 Å². The molecule has 0 amide bonds. The summed E-state index contributed by atoms with van der Waals surface area (Å²) >= 11 is 0. The van der Waals surface area contributed by atoms with Crippen LogP contribution in [0.25, 0.3) is 0 Å². The van der Waals surface area contributed by atoms with E-state index in [1.165, 1.54) is 6.42 Å². The Morgan fingerprint density at radius 2 is 1.85 bits per heavy atom. The van der Waals surface area contributed by atoms with Gasteiger partial charge in [0.1, 0.15) is 0 Å². The molecular formula is C11H22O2. The van der Waals surface area contributed by atoms with E-state index in [1.807, 2.05) is 6.92 Å². The Kier molecular flexibility index (Phi) is 4.20. The Labute approximate surface area is 81.3 Å². The number of aliphatic hydroxyl groups is 1. The van der Waals surface area contributed by atoms with Crippen molar-refractivity contribution in [2.75, 3.05) is 0 Å². The third-order valence-corrected chi connectivity index (χ3v) is 3.21. The fraction of sp³-hybridized carbons (Fsp3) is 1.00. The van der Waals surface area contributed by atoms with Crippen LogP contribution in [0.4, 0.5) is 0 Å². The van der Waals surface area contributed by atoms with Crippen LogP contribution in [0.15, 0.2) is 0 Å². The molecule has 4 unspecified atom stereocenters. The highest BCUT2D eigenvalue weighted by atomic mass is 16.5. The lowest BCUT2D eigenvalue weighted by Crippen LogP contribution is -2.27. The van der Waals surface area contributed by atoms with Gasteiger partial charge in [-0.05, 0) is 25.2 Å². The van der Waals surface area contributed by atoms with Crippen LogP contribution in [0.3, 0.4) is 0 Å². The topological polar surface area (TPSA) is 29.5 Å². The highest BCUT2D eigenvalue weighted by Crippen LogP contribution is 2.29. The summed E-state index contributed by atoms with van der Waals surface area (Å²) in [5.41, 5.74) is 0. The third kappa shape index (κ3) is 2.68. The molecule has 0 aromatic heterocycles. The van der Waals surface area contributed by atoms with Gasteiger partial charge in [0, 0.05) is 0 Å². The summed E-state index contributed by atoms with van der Waals surface area (Å²) in [6.07, 6.45) is 4.35. The Morgan fingerprint density at radius 3 is 2.38 bits per heavy atom. The summed E-state index contributed by atoms with van der Waals surface area (Å²) in [5, 5.41) is 9.60. The van der Waals surface area contributed by atoms with Gasteiger partial charge in [0.25, 0.3) is 0 Å². The van der Waals surface area contributed by atoms with Crippen molar-refractivity contribution in [2.24, 2.45) is 5.92 Å². The fourth-order valence-corrected chi connectivity index (χ4v) is 1.92. The van der Waals surface area contributed by atoms with Crippen LogP contribution in [0.2, 0.25) is 0 Å². The average Bonchev–Trinajstić information content (AvgIpc) is 2.64. The SMILES string of the molecule is CCC(C)C1CCC(C(O)CC)O1. The largest absolute Gasteiger partial charge is 0.390 e. The lowest BCUT2D eigenvalue weighted by atomic mass is 9.99. The maximum atomic E-state index is 9.60. The Morgan fingerprint density at radius 1 is 1.23 bits per heavy atom. The minimum Gasteiger partial charge on any atom is -0.390 e. The summed E-state index contributed by atoms with van der Waals surface area (Å²) in [6.45, 7) is 6.42. The molecule has 1 aliphatic heterocycles. The van der Waals surface area contributed by atoms with Crippen molar-refractivity contribution in [3.63, 3.8) is 0 Å². The van der Waals surface area contributed by atoms with Crippen LogP contribution in [0, 0.1) is 5.92 Å². The molecule has 1 fully saturated rings. The van der Waals surface area contributed by atoms with Gasteiger partial charge in [-0.15, -0.1) is 0 Å². The van der Waals surface area contributed by atoms with Crippen LogP contribution in [0.1, 0.15) is 46.5 Å². The van der Waals surface area contributed by atoms with E-state index < -0.39 is 0 Å². The Balaban J connectivity index is 2.35. The molecule has 1 N–H and O–H groups in total. The molecule has 0 aliphatic carbocycles. The first-order valence-electron chi connectivity index (χ1n) is 5.52. The van der Waals surface area contributed by atoms with E-state index in [1.54, 1.807) is 0 Å². The van der Waals surface area contributed by atoms with Crippen LogP contribution < -0.4 is 0 Å². The molecule has 0 saturated carbocycles. The summed E-state index contributed by atoms with van der Waals surface area (Å²) in [7, 11) is 0. The first-order chi connectivity index (χ1) is 6.19. The zero-order valence-corrected chi connectivity index (χ0v) is 8.99. The molecule has 2 nitrogen and oxygen atoms in total. The molecule has 0 radical (unpaired) electrons. The summed E-state index contributed by atoms with van der Waals surface area (Å²) in [6, 6.07) is 0. The van der Waals surface area contributed by atoms with Gasteiger partial charge in [-0.2, -0.15) is 0 Å². The van der Waals surface area contributed by atoms with Crippen molar-refractivity contribution < 1.29 is 9.84 Å². The second kappa shape index (κ2) is 4.97. The standard InChI is InChI=1S/C11H22O2/c1-4-8(3)10-6-7-11(13-10)9(12)5-2/h8-12H,4-7H2,1-3H3. The van der Waals surface area contributed by atoms with Gasteiger partial charge in [-0.25, -0.2) is 0 Å². The molecule has 78 valence electrons. The van der Waals surface area contributed by atoms with Gasteiger partial charge in [0.05, 0.1) is 18.3 Å². The Bertz CT molecular complexity index is 131. The van der Waals surface area contributed by atoms with Crippen molar-refractivity contribution in [1.82, 2.24) is 0 Å². The molecule has 1 aliphatic rings. The molecule has 2 heteroatoms. The van der Waals surface area contributed by atoms with Gasteiger partial charge < -0.3 is 9.84 Å². The van der Waals surface area contributed by atoms with E-state index in [0.717, 1.165) is 19.3 Å². The van der Waals surface area contributed by atoms with Gasteiger partial charge in [0.2, 0.25) is 0 Å². The predicted molar refractivity (Wildman–Crippen MR) is 53.6 cm³/mol. The lowest BCUT2D eigenvalue weighted by Gasteiger charge is -2.21. The van der Waals surface area contributed by atoms with E-state index in [0.29, 0.717) is 12.0 Å². The lowest BCUT2D eigenvalue weighted by molar-refractivity contribution is -0.0506. The van der Waals surface area contributed by atoms with E-state index in [-0.39, 0.29) is 12.2 Å². The molecule has 13 heavy (non-hydrogen) atoms. The minimum atomic E-state index is -0.256. The van der Waals surface area contributed by atoms with Crippen LogP contribution in [0.5, 0.6) is 0 Å². The molecule has 1 saturated heterocycles. The average molecular weight is 186 g/mol. The van der Waals surface area contributed by atoms with E-state index in [2.05, 4.69) is 13.8 Å². The van der Waals surface area contributed by atoms with Crippen molar-refractivity contribution in [3.8, 4) is 0 Å². The normalized spacial score (nSPS) is 33.2. The monoisotopic (exact) mass is 186 g/mol. The Hall–Kier alpha value is -0.0800. The van der Waals surface area contributed by atoms with Gasteiger partial charge in [0.15, 0.2) is 0 Å². The van der Waals surface area contributed by atoms with Gasteiger partial charge >= 0.3 is 0 Å². The number of rotatable bonds is 4. The van der Waals surface area contributed by atoms with Crippen molar-refractivity contribution >= 4 is 0 Å². The second-order valence-corrected chi connectivity index (χ2v) is 4.15. The van der Waals surface area contributed by atoms with E-state index >= 15 is 0 Å². The number of hydrogen-bond acceptors (Lipinski definition) is 2. The molecule has 1 rings (SSSR count). The predicted octanol–water partition coefficient (Wildman–Crippen LogP) is 2.35. The second-order valence-electron chi connectivity index (χ2n) is 4.15. The summed E-state index contributed by atoms with van der Waals surface area (Å²) in [5.74, 6) is 0.633. The summed E-state index contributed by atoms with van der Waals surface area (Å²) < 4.78 is 5.82. The first kappa shape index (κ1) is 11.0. The molecule has 0 spiro atoms. The molecule has 1 heterocycles. The quantitative estimate of drug-likeness (QED) is 0.730. The highest BCUT2D eigenvalue weighted by molar-refractivity contribution is 4.80. The van der Waals surface area contributed by atoms with Crippen LogP contribution in [-0.4, -0.2) is 23.4 Å². The first-order valence-corrected chi connectivity index (χ1v) is 5.52. The maximum absolute atomic E-state index is 9.60. The molecule has 0 aromatic rings. The number of aliphatic hydroxyl groups excluding tert-OH is 1. The molecule has 4 atom stereocenters. The fourth-order valence-electron chi connectivity index (χ4n) is 1.92. The highest BCUT2D eigenvalue weighted by Gasteiger charge is 2.31. The van der Waals surface area contributed by atoms with Crippen molar-refractivity contribution in [2.45, 2.75) is 64.8 Å².